The molecule has 0 bridgehead atoms. The third kappa shape index (κ3) is 5.43. The van der Waals surface area contributed by atoms with E-state index in [1.807, 2.05) is 38.1 Å². The number of carbonyl (C=O) groups excluding carboxylic acids is 1. The molecule has 0 fully saturated rings. The molecule has 2 unspecified atom stereocenters. The van der Waals surface area contributed by atoms with Crippen molar-refractivity contribution >= 4 is 35.8 Å². The van der Waals surface area contributed by atoms with Gasteiger partial charge in [-0.15, -0.1) is 24.2 Å². The topological polar surface area (TPSA) is 94.3 Å². The summed E-state index contributed by atoms with van der Waals surface area (Å²) >= 11 is 1.44. The largest absolute Gasteiger partial charge is 0.493 e. The Morgan fingerprint density at radius 3 is 2.22 bits per heavy atom. The molecule has 3 N–H and O–H groups in total. The average Bonchev–Trinajstić information content (AvgIpc) is 2.85. The van der Waals surface area contributed by atoms with Crippen molar-refractivity contribution in [3.63, 3.8) is 0 Å². The minimum atomic E-state index is -1.26. The molecule has 3 rings (SSSR count). The Labute approximate surface area is 199 Å². The zero-order chi connectivity index (χ0) is 22.8. The molecule has 0 aliphatic carbocycles. The van der Waals surface area contributed by atoms with Crippen molar-refractivity contribution in [2.75, 3.05) is 32.8 Å². The molecular formula is C23H31ClN2O5S. The van der Waals surface area contributed by atoms with Crippen LogP contribution in [-0.2, 0) is 4.79 Å². The smallest absolute Gasteiger partial charge is 0.257 e. The third-order valence-corrected chi connectivity index (χ3v) is 6.59. The van der Waals surface area contributed by atoms with E-state index < -0.39 is 16.9 Å². The third-order valence-electron chi connectivity index (χ3n) is 5.21. The highest BCUT2D eigenvalue weighted by atomic mass is 35.5. The number of aliphatic hydroxyl groups is 1. The number of hydrogen-bond acceptors (Lipinski definition) is 7. The highest BCUT2D eigenvalue weighted by Crippen LogP contribution is 2.49. The van der Waals surface area contributed by atoms with Gasteiger partial charge in [0.2, 0.25) is 5.75 Å². The number of nitrogens with zero attached hydrogens (tertiary/aromatic N) is 1. The van der Waals surface area contributed by atoms with Crippen LogP contribution in [0.15, 0.2) is 41.3 Å². The number of benzene rings is 2. The van der Waals surface area contributed by atoms with Gasteiger partial charge in [0.25, 0.3) is 5.91 Å². The highest BCUT2D eigenvalue weighted by molar-refractivity contribution is 7.99. The maximum atomic E-state index is 13.4. The van der Waals surface area contributed by atoms with Gasteiger partial charge in [0.15, 0.2) is 11.5 Å². The molecule has 0 aromatic heterocycles. The molecule has 1 heterocycles. The predicted molar refractivity (Wildman–Crippen MR) is 130 cm³/mol. The van der Waals surface area contributed by atoms with Gasteiger partial charge < -0.3 is 30.0 Å². The number of fused-ring (bicyclic) bond motifs is 1. The zero-order valence-corrected chi connectivity index (χ0v) is 20.6. The van der Waals surface area contributed by atoms with Crippen molar-refractivity contribution in [1.29, 1.82) is 0 Å². The normalized spacial score (nSPS) is 18.3. The van der Waals surface area contributed by atoms with Crippen LogP contribution < -0.4 is 24.8 Å². The van der Waals surface area contributed by atoms with Gasteiger partial charge in [-0.05, 0) is 50.1 Å². The number of aliphatic hydroxyl groups excluding tert-OH is 1. The Hall–Kier alpha value is -2.13. The van der Waals surface area contributed by atoms with E-state index in [9.17, 15) is 9.90 Å². The van der Waals surface area contributed by atoms with Crippen LogP contribution in [0.25, 0.3) is 0 Å². The second-order valence-corrected chi connectivity index (χ2v) is 9.32. The Kier molecular flexibility index (Phi) is 8.70. The lowest BCUT2D eigenvalue weighted by atomic mass is 10.0. The van der Waals surface area contributed by atoms with Crippen molar-refractivity contribution in [2.24, 2.45) is 5.73 Å². The Morgan fingerprint density at radius 2 is 1.69 bits per heavy atom. The first-order valence-corrected chi connectivity index (χ1v) is 10.9. The monoisotopic (exact) mass is 482 g/mol. The number of methoxy groups -OCH3 is 3. The van der Waals surface area contributed by atoms with E-state index in [4.69, 9.17) is 19.9 Å². The molecule has 32 heavy (non-hydrogen) atoms. The number of hydrogen-bond donors (Lipinski definition) is 2. The van der Waals surface area contributed by atoms with E-state index in [1.165, 1.54) is 33.1 Å². The van der Waals surface area contributed by atoms with Gasteiger partial charge in [-0.3, -0.25) is 4.79 Å². The summed E-state index contributed by atoms with van der Waals surface area (Å²) in [5.74, 6) is 1.04. The highest BCUT2D eigenvalue weighted by Gasteiger charge is 2.38. The molecule has 1 amide bonds. The number of carbonyl (C=O) groups is 1. The number of rotatable bonds is 7. The fourth-order valence-corrected chi connectivity index (χ4v) is 4.78. The Balaban J connectivity index is 0.00000363. The Morgan fingerprint density at radius 1 is 1.09 bits per heavy atom. The number of halogens is 1. The van der Waals surface area contributed by atoms with Crippen molar-refractivity contribution < 1.29 is 24.1 Å². The maximum Gasteiger partial charge on any atom is 0.257 e. The first-order chi connectivity index (χ1) is 14.7. The lowest BCUT2D eigenvalue weighted by Gasteiger charge is -2.28. The van der Waals surface area contributed by atoms with Crippen LogP contribution in [0.3, 0.4) is 0 Å². The summed E-state index contributed by atoms with van der Waals surface area (Å²) in [6, 6.07) is 11.2. The van der Waals surface area contributed by atoms with E-state index in [2.05, 4.69) is 0 Å². The van der Waals surface area contributed by atoms with Crippen LogP contribution in [0.2, 0.25) is 0 Å². The molecule has 176 valence electrons. The molecule has 9 heteroatoms. The summed E-state index contributed by atoms with van der Waals surface area (Å²) in [5.41, 5.74) is 7.20. The first kappa shape index (κ1) is 26.1. The van der Waals surface area contributed by atoms with E-state index in [0.717, 1.165) is 10.6 Å². The van der Waals surface area contributed by atoms with Crippen molar-refractivity contribution in [2.45, 2.75) is 42.1 Å². The predicted octanol–water partition coefficient (Wildman–Crippen LogP) is 3.80. The van der Waals surface area contributed by atoms with Crippen molar-refractivity contribution in [1.82, 2.24) is 0 Å². The van der Waals surface area contributed by atoms with Gasteiger partial charge >= 0.3 is 0 Å². The summed E-state index contributed by atoms with van der Waals surface area (Å²) in [5, 5.41) is 10.6. The number of anilines is 1. The van der Waals surface area contributed by atoms with Crippen molar-refractivity contribution in [3.05, 3.63) is 42.0 Å². The second kappa shape index (κ2) is 10.7. The minimum Gasteiger partial charge on any atom is -0.493 e. The summed E-state index contributed by atoms with van der Waals surface area (Å²) < 4.78 is 16.3. The van der Waals surface area contributed by atoms with Gasteiger partial charge in [0, 0.05) is 17.0 Å². The van der Waals surface area contributed by atoms with E-state index >= 15 is 0 Å². The van der Waals surface area contributed by atoms with Crippen LogP contribution in [0.1, 0.15) is 31.1 Å². The zero-order valence-electron chi connectivity index (χ0n) is 19.0. The number of amides is 1. The molecule has 2 atom stereocenters. The number of ether oxygens (including phenoxy) is 3. The van der Waals surface area contributed by atoms with Gasteiger partial charge in [0.1, 0.15) is 6.10 Å². The SMILES string of the molecule is COc1cc(C2Sc3ccccc3N(CCC(C)(C)N)C(=O)C2O)cc(OC)c1OC.Cl. The first-order valence-electron chi connectivity index (χ1n) is 10.0. The van der Waals surface area contributed by atoms with Crippen molar-refractivity contribution in [3.8, 4) is 17.2 Å². The standard InChI is InChI=1S/C23H30N2O5S.ClH/c1-23(2,24)10-11-25-15-8-6-7-9-18(15)31-21(19(26)22(25)27)14-12-16(28-3)20(30-5)17(13-14)29-4;/h6-9,12-13,19,21,26H,10-11,24H2,1-5H3;1H. The van der Waals surface area contributed by atoms with E-state index in [-0.39, 0.29) is 18.3 Å². The van der Waals surface area contributed by atoms with Gasteiger partial charge in [-0.1, -0.05) is 12.1 Å². The molecule has 2 aromatic rings. The minimum absolute atomic E-state index is 0. The summed E-state index contributed by atoms with van der Waals surface area (Å²) in [7, 11) is 4.61. The molecule has 2 aromatic carbocycles. The number of thioether (sulfide) groups is 1. The second-order valence-electron chi connectivity index (χ2n) is 8.14. The Bertz CT molecular complexity index is 925. The summed E-state index contributed by atoms with van der Waals surface area (Å²) in [6.45, 7) is 4.26. The molecule has 0 saturated carbocycles. The molecule has 0 saturated heterocycles. The van der Waals surface area contributed by atoms with Crippen LogP contribution in [0.4, 0.5) is 5.69 Å². The maximum absolute atomic E-state index is 13.4. The lowest BCUT2D eigenvalue weighted by molar-refractivity contribution is -0.126. The summed E-state index contributed by atoms with van der Waals surface area (Å²) in [4.78, 5) is 15.9. The summed E-state index contributed by atoms with van der Waals surface area (Å²) in [6.07, 6.45) is -0.666. The van der Waals surface area contributed by atoms with Gasteiger partial charge in [0.05, 0.1) is 32.3 Å². The molecule has 1 aliphatic rings. The fourth-order valence-electron chi connectivity index (χ4n) is 3.54. The van der Waals surface area contributed by atoms with Crippen LogP contribution in [-0.4, -0.2) is 50.5 Å². The molecular weight excluding hydrogens is 452 g/mol. The lowest BCUT2D eigenvalue weighted by Crippen LogP contribution is -2.44. The number of nitrogens with two attached hydrogens (primary N) is 1. The van der Waals surface area contributed by atoms with Crippen LogP contribution >= 0.6 is 24.2 Å². The van der Waals surface area contributed by atoms with Crippen LogP contribution in [0.5, 0.6) is 17.2 Å². The van der Waals surface area contributed by atoms with E-state index in [0.29, 0.717) is 35.8 Å². The molecule has 0 spiro atoms. The fraction of sp³-hybridized carbons (Fsp3) is 0.435. The number of para-hydroxylation sites is 1. The molecule has 1 aliphatic heterocycles. The quantitative estimate of drug-likeness (QED) is 0.619. The molecule has 0 radical (unpaired) electrons. The average molecular weight is 483 g/mol. The van der Waals surface area contributed by atoms with Gasteiger partial charge in [-0.25, -0.2) is 0 Å². The van der Waals surface area contributed by atoms with E-state index in [1.54, 1.807) is 17.0 Å². The molecule has 7 nitrogen and oxygen atoms in total. The van der Waals surface area contributed by atoms with Gasteiger partial charge in [-0.2, -0.15) is 0 Å². The van der Waals surface area contributed by atoms with Crippen LogP contribution in [0, 0.1) is 0 Å².